The summed E-state index contributed by atoms with van der Waals surface area (Å²) in [5.74, 6) is 0.0822. The molecule has 0 saturated carbocycles. The van der Waals surface area contributed by atoms with E-state index in [2.05, 4.69) is 15.3 Å². The topological polar surface area (TPSA) is 123 Å². The molecule has 2 fully saturated rings. The van der Waals surface area contributed by atoms with Gasteiger partial charge in [0.2, 0.25) is 11.8 Å². The van der Waals surface area contributed by atoms with Gasteiger partial charge in [-0.3, -0.25) is 9.78 Å². The third-order valence-corrected chi connectivity index (χ3v) is 9.07. The number of carbonyl (C=O) groups excluding carboxylic acids is 1. The molecule has 43 heavy (non-hydrogen) atoms. The maximum atomic E-state index is 12.0. The normalized spacial score (nSPS) is 18.9. The molecule has 10 nitrogen and oxygen atoms in total. The van der Waals surface area contributed by atoms with Crippen LogP contribution in [-0.2, 0) is 20.6 Å². The lowest BCUT2D eigenvalue weighted by atomic mass is 9.77. The van der Waals surface area contributed by atoms with Gasteiger partial charge in [-0.05, 0) is 34.1 Å². The lowest BCUT2D eigenvalue weighted by Crippen LogP contribution is -2.41. The Morgan fingerprint density at radius 1 is 1.09 bits per heavy atom. The molecule has 2 saturated heterocycles. The number of methoxy groups -OCH3 is 1. The summed E-state index contributed by atoms with van der Waals surface area (Å²) in [4.78, 5) is 33.8. The first-order valence-electron chi connectivity index (χ1n) is 13.9. The van der Waals surface area contributed by atoms with Crippen LogP contribution in [0.15, 0.2) is 42.6 Å². The van der Waals surface area contributed by atoms with Gasteiger partial charge in [0.05, 0.1) is 41.8 Å². The third-order valence-electron chi connectivity index (χ3n) is 8.24. The Kier molecular flexibility index (Phi) is 8.64. The Labute approximate surface area is 260 Å². The molecule has 3 heterocycles. The van der Waals surface area contributed by atoms with Crippen molar-refractivity contribution in [1.82, 2.24) is 20.2 Å². The molecule has 5 rings (SSSR count). The second-order valence-corrected chi connectivity index (χ2v) is 12.4. The largest absolute Gasteiger partial charge is 0.496 e. The number of nitrogens with one attached hydrogen (secondary N) is 1. The van der Waals surface area contributed by atoms with E-state index < -0.39 is 24.4 Å². The number of aromatic nitrogens is 2. The zero-order valence-corrected chi connectivity index (χ0v) is 26.1. The predicted octanol–water partition coefficient (Wildman–Crippen LogP) is 5.18. The monoisotopic (exact) mass is 626 g/mol. The van der Waals surface area contributed by atoms with Crippen molar-refractivity contribution < 1.29 is 28.7 Å². The van der Waals surface area contributed by atoms with Crippen LogP contribution >= 0.6 is 23.2 Å². The van der Waals surface area contributed by atoms with Crippen molar-refractivity contribution in [1.29, 1.82) is 0 Å². The molecule has 1 atom stereocenters. The molecule has 0 bridgehead atoms. The third kappa shape index (κ3) is 6.17. The number of hydrogen-bond donors (Lipinski definition) is 2. The lowest BCUT2D eigenvalue weighted by molar-refractivity contribution is -0.119. The minimum absolute atomic E-state index is 0.0623. The van der Waals surface area contributed by atoms with Crippen LogP contribution in [-0.4, -0.2) is 70.0 Å². The van der Waals surface area contributed by atoms with Gasteiger partial charge < -0.3 is 29.4 Å². The minimum atomic E-state index is -1.13. The molecular weight excluding hydrogens is 594 g/mol. The predicted molar refractivity (Wildman–Crippen MR) is 165 cm³/mol. The fourth-order valence-electron chi connectivity index (χ4n) is 5.12. The van der Waals surface area contributed by atoms with Crippen LogP contribution in [0.5, 0.6) is 5.88 Å². The van der Waals surface area contributed by atoms with E-state index in [4.69, 9.17) is 37.2 Å². The van der Waals surface area contributed by atoms with E-state index >= 15 is 0 Å². The Morgan fingerprint density at radius 3 is 2.33 bits per heavy atom. The zero-order valence-electron chi connectivity index (χ0n) is 24.6. The maximum absolute atomic E-state index is 12.0. The molecule has 2 aliphatic heterocycles. The quantitative estimate of drug-likeness (QED) is 0.328. The molecule has 0 unspecified atom stereocenters. The van der Waals surface area contributed by atoms with Crippen molar-refractivity contribution >= 4 is 47.8 Å². The summed E-state index contributed by atoms with van der Waals surface area (Å²) >= 11 is 13.9. The number of nitrogens with zero attached hydrogens (tertiary/aromatic N) is 3. The van der Waals surface area contributed by atoms with E-state index in [9.17, 15) is 14.7 Å². The van der Waals surface area contributed by atoms with Crippen molar-refractivity contribution in [3.05, 3.63) is 58.3 Å². The second kappa shape index (κ2) is 12.0. The summed E-state index contributed by atoms with van der Waals surface area (Å²) in [6, 6.07) is 10.9. The molecule has 2 amide bonds. The molecule has 0 spiro atoms. The van der Waals surface area contributed by atoms with Crippen LogP contribution in [0.2, 0.25) is 10.0 Å². The summed E-state index contributed by atoms with van der Waals surface area (Å²) in [5.41, 5.74) is 2.41. The highest BCUT2D eigenvalue weighted by atomic mass is 35.5. The number of benzene rings is 2. The number of carbonyl (C=O) groups is 2. The highest BCUT2D eigenvalue weighted by molar-refractivity contribution is 6.66. The lowest BCUT2D eigenvalue weighted by Gasteiger charge is -2.32. The van der Waals surface area contributed by atoms with Crippen LogP contribution < -0.4 is 15.5 Å². The molecule has 0 aliphatic carbocycles. The Bertz CT molecular complexity index is 1550. The number of rotatable bonds is 8. The first-order valence-corrected chi connectivity index (χ1v) is 14.7. The highest BCUT2D eigenvalue weighted by Crippen LogP contribution is 2.41. The molecule has 0 radical (unpaired) electrons. The average Bonchev–Trinajstić information content (AvgIpc) is 3.46. The fraction of sp³-hybridized carbons (Fsp3) is 0.400. The standard InChI is InChI=1S/C30H33BCl2N4O6/c1-29(2)30(3,4)43-31(42-29)21-11-7-9-19(26(21)33)18-8-6-10-20(25(18)32)22-14-34-23(27(36-22)41-5)16-37(28(39)40)15-17-12-13-24(38)35-17/h6-11,14,17H,12-13,15-16H2,1-5H3,(H,35,38)(H,39,40)/t17-/m0/s1. The summed E-state index contributed by atoms with van der Waals surface area (Å²) in [6.45, 7) is 8.01. The van der Waals surface area contributed by atoms with Crippen LogP contribution in [0.1, 0.15) is 46.2 Å². The van der Waals surface area contributed by atoms with E-state index in [0.717, 1.165) is 0 Å². The van der Waals surface area contributed by atoms with Gasteiger partial charge in [-0.25, -0.2) is 9.78 Å². The molecule has 226 valence electrons. The van der Waals surface area contributed by atoms with Gasteiger partial charge in [0.25, 0.3) is 0 Å². The molecule has 3 aromatic rings. The van der Waals surface area contributed by atoms with Gasteiger partial charge >= 0.3 is 13.2 Å². The number of ether oxygens (including phenoxy) is 1. The van der Waals surface area contributed by atoms with Gasteiger partial charge in [-0.2, -0.15) is 0 Å². The van der Waals surface area contributed by atoms with E-state index in [0.29, 0.717) is 56.4 Å². The molecule has 2 N–H and O–H groups in total. The first kappa shape index (κ1) is 31.1. The van der Waals surface area contributed by atoms with Crippen LogP contribution in [0, 0.1) is 0 Å². The SMILES string of the molecule is COc1nc(-c2cccc(-c3cccc(B4OC(C)(C)C(C)(C)O4)c3Cl)c2Cl)cnc1CN(C[C@@H]1CCC(=O)N1)C(=O)O. The van der Waals surface area contributed by atoms with Gasteiger partial charge in [0, 0.05) is 46.2 Å². The van der Waals surface area contributed by atoms with Crippen molar-refractivity contribution in [2.75, 3.05) is 13.7 Å². The van der Waals surface area contributed by atoms with E-state index in [1.54, 1.807) is 0 Å². The molecule has 13 heteroatoms. The Morgan fingerprint density at radius 2 is 1.72 bits per heavy atom. The molecule has 2 aromatic carbocycles. The highest BCUT2D eigenvalue weighted by Gasteiger charge is 2.52. The summed E-state index contributed by atoms with van der Waals surface area (Å²) in [5, 5.41) is 13.4. The summed E-state index contributed by atoms with van der Waals surface area (Å²) in [6.07, 6.45) is 1.35. The summed E-state index contributed by atoms with van der Waals surface area (Å²) in [7, 11) is 0.802. The first-order chi connectivity index (χ1) is 20.3. The van der Waals surface area contributed by atoms with Crippen LogP contribution in [0.3, 0.4) is 0 Å². The van der Waals surface area contributed by atoms with Gasteiger partial charge in [-0.1, -0.05) is 59.6 Å². The fourth-order valence-corrected chi connectivity index (χ4v) is 5.76. The maximum Gasteiger partial charge on any atom is 0.496 e. The van der Waals surface area contributed by atoms with E-state index in [-0.39, 0.29) is 30.9 Å². The number of amides is 2. The second-order valence-electron chi connectivity index (χ2n) is 11.6. The Balaban J connectivity index is 1.44. The van der Waals surface area contributed by atoms with Gasteiger partial charge in [0.15, 0.2) is 0 Å². The molecule has 2 aliphatic rings. The smallest absolute Gasteiger partial charge is 0.480 e. The van der Waals surface area contributed by atoms with Gasteiger partial charge in [-0.15, -0.1) is 0 Å². The number of carboxylic acid groups (broad SMARTS) is 1. The van der Waals surface area contributed by atoms with Crippen LogP contribution in [0.25, 0.3) is 22.4 Å². The van der Waals surface area contributed by atoms with Crippen molar-refractivity contribution in [2.24, 2.45) is 0 Å². The number of halogens is 2. The summed E-state index contributed by atoms with van der Waals surface area (Å²) < 4.78 is 18.0. The van der Waals surface area contributed by atoms with E-state index in [1.807, 2.05) is 64.1 Å². The van der Waals surface area contributed by atoms with E-state index in [1.165, 1.54) is 18.2 Å². The molecule has 1 aromatic heterocycles. The zero-order chi connectivity index (χ0) is 31.1. The minimum Gasteiger partial charge on any atom is -0.480 e. The van der Waals surface area contributed by atoms with Crippen LogP contribution in [0.4, 0.5) is 4.79 Å². The average molecular weight is 627 g/mol. The van der Waals surface area contributed by atoms with Crippen molar-refractivity contribution in [2.45, 2.75) is 64.3 Å². The molecular formula is C30H33BCl2N4O6. The van der Waals surface area contributed by atoms with Crippen molar-refractivity contribution in [3.63, 3.8) is 0 Å². The Hall–Kier alpha value is -3.38. The van der Waals surface area contributed by atoms with Gasteiger partial charge in [0.1, 0.15) is 5.69 Å². The number of hydrogen-bond acceptors (Lipinski definition) is 7. The van der Waals surface area contributed by atoms with Crippen molar-refractivity contribution in [3.8, 4) is 28.3 Å².